The van der Waals surface area contributed by atoms with Crippen molar-refractivity contribution in [3.05, 3.63) is 69.2 Å². The van der Waals surface area contributed by atoms with Gasteiger partial charge in [-0.2, -0.15) is 0 Å². The van der Waals surface area contributed by atoms with E-state index in [0.29, 0.717) is 35.1 Å². The lowest BCUT2D eigenvalue weighted by Gasteiger charge is -2.22. The summed E-state index contributed by atoms with van der Waals surface area (Å²) in [5, 5.41) is 12.8. The third-order valence-electron chi connectivity index (χ3n) is 3.87. The van der Waals surface area contributed by atoms with Crippen molar-refractivity contribution in [2.75, 3.05) is 20.2 Å². The first-order valence-electron chi connectivity index (χ1n) is 8.11. The van der Waals surface area contributed by atoms with Crippen LogP contribution in [0.4, 0.5) is 0 Å². The Morgan fingerprint density at radius 3 is 2.28 bits per heavy atom. The molecule has 2 rings (SSSR count). The van der Waals surface area contributed by atoms with Crippen LogP contribution in [0.25, 0.3) is 0 Å². The molecule has 0 aliphatic heterocycles. The second kappa shape index (κ2) is 9.78. The molecule has 0 spiro atoms. The van der Waals surface area contributed by atoms with Crippen molar-refractivity contribution >= 4 is 29.1 Å². The highest BCUT2D eigenvalue weighted by Crippen LogP contribution is 2.23. The molecule has 0 fully saturated rings. The van der Waals surface area contributed by atoms with Crippen LogP contribution in [0.3, 0.4) is 0 Å². The molecular weight excluding hydrogens is 359 g/mol. The fourth-order valence-electron chi connectivity index (χ4n) is 2.57. The minimum absolute atomic E-state index is 0.0977. The largest absolute Gasteiger partial charge is 0.396 e. The first kappa shape index (κ1) is 19.7. The lowest BCUT2D eigenvalue weighted by Crippen LogP contribution is -2.25. The Balaban J connectivity index is 2.08. The van der Waals surface area contributed by atoms with Crippen LogP contribution in [0.1, 0.15) is 27.9 Å². The van der Waals surface area contributed by atoms with E-state index < -0.39 is 0 Å². The molecule has 2 aromatic rings. The van der Waals surface area contributed by atoms with Crippen LogP contribution in [0.15, 0.2) is 42.5 Å². The molecule has 4 nitrogen and oxygen atoms in total. The normalized spacial score (nSPS) is 10.9. The second-order valence-corrected chi connectivity index (χ2v) is 6.63. The standard InChI is InChI=1S/C19H22Cl2N2O2/c1-22-19(25)16-6-3-14(4-7-16)12-23(9-2-10-24)13-15-5-8-17(20)18(21)11-15/h3-8,11,24H,2,9-10,12-13H2,1H3,(H,22,25). The molecular formula is C19H22Cl2N2O2. The predicted octanol–water partition coefficient (Wildman–Crippen LogP) is 3.74. The number of hydrogen-bond donors (Lipinski definition) is 2. The van der Waals surface area contributed by atoms with Crippen molar-refractivity contribution in [3.8, 4) is 0 Å². The molecule has 0 saturated heterocycles. The first-order chi connectivity index (χ1) is 12.0. The van der Waals surface area contributed by atoms with E-state index >= 15 is 0 Å². The van der Waals surface area contributed by atoms with Gasteiger partial charge in [0.2, 0.25) is 0 Å². The molecule has 0 atom stereocenters. The molecule has 134 valence electrons. The summed E-state index contributed by atoms with van der Waals surface area (Å²) in [5.41, 5.74) is 2.80. The summed E-state index contributed by atoms with van der Waals surface area (Å²) in [4.78, 5) is 13.8. The Kier molecular flexibility index (Phi) is 7.72. The van der Waals surface area contributed by atoms with Crippen LogP contribution in [0, 0.1) is 0 Å². The van der Waals surface area contributed by atoms with Crippen molar-refractivity contribution in [2.24, 2.45) is 0 Å². The van der Waals surface area contributed by atoms with Gasteiger partial charge >= 0.3 is 0 Å². The second-order valence-electron chi connectivity index (χ2n) is 5.81. The highest BCUT2D eigenvalue weighted by molar-refractivity contribution is 6.42. The Morgan fingerprint density at radius 2 is 1.68 bits per heavy atom. The predicted molar refractivity (Wildman–Crippen MR) is 102 cm³/mol. The van der Waals surface area contributed by atoms with Crippen molar-refractivity contribution in [3.63, 3.8) is 0 Å². The van der Waals surface area contributed by atoms with Crippen LogP contribution in [-0.2, 0) is 13.1 Å². The lowest BCUT2D eigenvalue weighted by atomic mass is 10.1. The molecule has 0 aliphatic carbocycles. The number of carbonyl (C=O) groups excluding carboxylic acids is 1. The molecule has 0 bridgehead atoms. The topological polar surface area (TPSA) is 52.6 Å². The summed E-state index contributed by atoms with van der Waals surface area (Å²) >= 11 is 12.1. The summed E-state index contributed by atoms with van der Waals surface area (Å²) < 4.78 is 0. The van der Waals surface area contributed by atoms with Crippen LogP contribution >= 0.6 is 23.2 Å². The minimum Gasteiger partial charge on any atom is -0.396 e. The molecule has 2 N–H and O–H groups in total. The number of rotatable bonds is 8. The third kappa shape index (κ3) is 6.01. The van der Waals surface area contributed by atoms with Crippen molar-refractivity contribution < 1.29 is 9.90 Å². The molecule has 25 heavy (non-hydrogen) atoms. The number of nitrogens with one attached hydrogen (secondary N) is 1. The SMILES string of the molecule is CNC(=O)c1ccc(CN(CCCO)Cc2ccc(Cl)c(Cl)c2)cc1. The highest BCUT2D eigenvalue weighted by Gasteiger charge is 2.10. The first-order valence-corrected chi connectivity index (χ1v) is 8.87. The van der Waals surface area contributed by atoms with Gasteiger partial charge in [-0.15, -0.1) is 0 Å². The maximum atomic E-state index is 11.6. The van der Waals surface area contributed by atoms with E-state index in [9.17, 15) is 4.79 Å². The van der Waals surface area contributed by atoms with Gasteiger partial charge < -0.3 is 10.4 Å². The zero-order valence-electron chi connectivity index (χ0n) is 14.1. The van der Waals surface area contributed by atoms with Gasteiger partial charge in [-0.25, -0.2) is 0 Å². The molecule has 0 saturated carbocycles. The number of amides is 1. The van der Waals surface area contributed by atoms with Crippen LogP contribution < -0.4 is 5.32 Å². The van der Waals surface area contributed by atoms with Gasteiger partial charge in [0, 0.05) is 38.9 Å². The average molecular weight is 381 g/mol. The van der Waals surface area contributed by atoms with Gasteiger partial charge in [0.15, 0.2) is 0 Å². The van der Waals surface area contributed by atoms with Gasteiger partial charge in [0.25, 0.3) is 5.91 Å². The van der Waals surface area contributed by atoms with Gasteiger partial charge in [-0.1, -0.05) is 41.4 Å². The van der Waals surface area contributed by atoms with E-state index in [1.165, 1.54) is 0 Å². The Morgan fingerprint density at radius 1 is 1.04 bits per heavy atom. The molecule has 0 heterocycles. The zero-order valence-corrected chi connectivity index (χ0v) is 15.6. The monoisotopic (exact) mass is 380 g/mol. The van der Waals surface area contributed by atoms with E-state index in [1.807, 2.05) is 36.4 Å². The maximum Gasteiger partial charge on any atom is 0.251 e. The average Bonchev–Trinajstić information content (AvgIpc) is 2.62. The van der Waals surface area contributed by atoms with Crippen molar-refractivity contribution in [2.45, 2.75) is 19.5 Å². The Labute approximate surface area is 158 Å². The summed E-state index contributed by atoms with van der Waals surface area (Å²) in [5.74, 6) is -0.0977. The van der Waals surface area contributed by atoms with E-state index in [-0.39, 0.29) is 12.5 Å². The quantitative estimate of drug-likeness (QED) is 0.733. The minimum atomic E-state index is -0.0977. The number of hydrogen-bond acceptors (Lipinski definition) is 3. The van der Waals surface area contributed by atoms with Crippen molar-refractivity contribution in [1.29, 1.82) is 0 Å². The summed E-state index contributed by atoms with van der Waals surface area (Å²) in [7, 11) is 1.62. The molecule has 6 heteroatoms. The summed E-state index contributed by atoms with van der Waals surface area (Å²) in [6.45, 7) is 2.32. The van der Waals surface area contributed by atoms with Gasteiger partial charge in [-0.3, -0.25) is 9.69 Å². The van der Waals surface area contributed by atoms with Crippen LogP contribution in [-0.4, -0.2) is 36.1 Å². The maximum absolute atomic E-state index is 11.6. The summed E-state index contributed by atoms with van der Waals surface area (Å²) in [6.07, 6.45) is 0.692. The number of aliphatic hydroxyl groups is 1. The zero-order chi connectivity index (χ0) is 18.2. The Bertz CT molecular complexity index is 705. The fraction of sp³-hybridized carbons (Fsp3) is 0.316. The van der Waals surface area contributed by atoms with Gasteiger partial charge in [-0.05, 0) is 41.8 Å². The van der Waals surface area contributed by atoms with Crippen LogP contribution in [0.5, 0.6) is 0 Å². The molecule has 0 unspecified atom stereocenters. The van der Waals surface area contributed by atoms with E-state index in [1.54, 1.807) is 13.1 Å². The van der Waals surface area contributed by atoms with E-state index in [0.717, 1.165) is 17.7 Å². The number of nitrogens with zero attached hydrogens (tertiary/aromatic N) is 1. The van der Waals surface area contributed by atoms with E-state index in [4.69, 9.17) is 28.3 Å². The van der Waals surface area contributed by atoms with Gasteiger partial charge in [0.05, 0.1) is 10.0 Å². The molecule has 0 aromatic heterocycles. The molecule has 1 amide bonds. The lowest BCUT2D eigenvalue weighted by molar-refractivity contribution is 0.0963. The fourth-order valence-corrected chi connectivity index (χ4v) is 2.89. The highest BCUT2D eigenvalue weighted by atomic mass is 35.5. The number of aliphatic hydroxyl groups excluding tert-OH is 1. The number of carbonyl (C=O) groups is 1. The third-order valence-corrected chi connectivity index (χ3v) is 4.61. The Hall–Kier alpha value is -1.59. The molecule has 0 aliphatic rings. The van der Waals surface area contributed by atoms with Crippen molar-refractivity contribution in [1.82, 2.24) is 10.2 Å². The summed E-state index contributed by atoms with van der Waals surface area (Å²) in [6, 6.07) is 13.1. The number of benzene rings is 2. The smallest absolute Gasteiger partial charge is 0.251 e. The van der Waals surface area contributed by atoms with Crippen LogP contribution in [0.2, 0.25) is 10.0 Å². The number of halogens is 2. The molecule has 2 aromatic carbocycles. The van der Waals surface area contributed by atoms with E-state index in [2.05, 4.69) is 10.2 Å². The van der Waals surface area contributed by atoms with Gasteiger partial charge in [0.1, 0.15) is 0 Å². The molecule has 0 radical (unpaired) electrons.